The summed E-state index contributed by atoms with van der Waals surface area (Å²) in [6.45, 7) is 8.13. The van der Waals surface area contributed by atoms with E-state index in [1.54, 1.807) is 0 Å². The second-order valence-corrected chi connectivity index (χ2v) is 6.25. The zero-order valence-corrected chi connectivity index (χ0v) is 10.3. The fourth-order valence-corrected chi connectivity index (χ4v) is 3.41. The molecule has 15 heavy (non-hydrogen) atoms. The summed E-state index contributed by atoms with van der Waals surface area (Å²) < 4.78 is 0. The Bertz CT molecular complexity index is 247. The molecule has 4 heteroatoms. The van der Waals surface area contributed by atoms with Crippen molar-refractivity contribution >= 4 is 17.7 Å². The third-order valence-electron chi connectivity index (χ3n) is 3.39. The number of rotatable bonds is 1. The van der Waals surface area contributed by atoms with Gasteiger partial charge in [-0.1, -0.05) is 13.8 Å². The lowest BCUT2D eigenvalue weighted by molar-refractivity contribution is -0.135. The van der Waals surface area contributed by atoms with Crippen LogP contribution in [0.25, 0.3) is 0 Å². The first-order chi connectivity index (χ1) is 7.18. The molecule has 0 aliphatic carbocycles. The minimum atomic E-state index is 0.222. The topological polar surface area (TPSA) is 32.3 Å². The molecule has 0 aromatic heterocycles. The number of amides is 1. The second kappa shape index (κ2) is 4.74. The fourth-order valence-electron chi connectivity index (χ4n) is 2.39. The minimum Gasteiger partial charge on any atom is -0.340 e. The highest BCUT2D eigenvalue weighted by Crippen LogP contribution is 2.23. The van der Waals surface area contributed by atoms with E-state index in [1.165, 1.54) is 0 Å². The van der Waals surface area contributed by atoms with Crippen LogP contribution in [0.1, 0.15) is 13.8 Å². The van der Waals surface area contributed by atoms with Crippen molar-refractivity contribution in [1.82, 2.24) is 10.2 Å². The molecule has 0 spiro atoms. The predicted molar refractivity (Wildman–Crippen MR) is 64.0 cm³/mol. The lowest BCUT2D eigenvalue weighted by atomic mass is 9.96. The highest BCUT2D eigenvalue weighted by molar-refractivity contribution is 7.99. The summed E-state index contributed by atoms with van der Waals surface area (Å²) in [6.07, 6.45) is 0. The molecule has 3 nitrogen and oxygen atoms in total. The van der Waals surface area contributed by atoms with Crippen LogP contribution in [0.3, 0.4) is 0 Å². The standard InChI is InChI=1S/C11H20N2OS/c1-8-5-12-6-10(8)11(14)13-3-4-15-9(2)7-13/h8-10,12H,3-7H2,1-2H3/t8-,9?,10-/m1/s1. The van der Waals surface area contributed by atoms with Crippen molar-refractivity contribution in [2.24, 2.45) is 11.8 Å². The normalized spacial score (nSPS) is 36.9. The molecule has 2 aliphatic heterocycles. The van der Waals surface area contributed by atoms with Crippen molar-refractivity contribution in [3.05, 3.63) is 0 Å². The number of carbonyl (C=O) groups is 1. The molecule has 3 atom stereocenters. The van der Waals surface area contributed by atoms with Gasteiger partial charge in [-0.25, -0.2) is 0 Å². The maximum absolute atomic E-state index is 12.2. The number of nitrogens with one attached hydrogen (secondary N) is 1. The summed E-state index contributed by atoms with van der Waals surface area (Å²) in [6, 6.07) is 0. The number of hydrogen-bond donors (Lipinski definition) is 1. The molecule has 0 aromatic rings. The zero-order valence-electron chi connectivity index (χ0n) is 9.53. The van der Waals surface area contributed by atoms with Crippen molar-refractivity contribution < 1.29 is 4.79 Å². The van der Waals surface area contributed by atoms with Gasteiger partial charge in [0, 0.05) is 30.6 Å². The van der Waals surface area contributed by atoms with Gasteiger partial charge in [0.2, 0.25) is 5.91 Å². The van der Waals surface area contributed by atoms with E-state index >= 15 is 0 Å². The minimum absolute atomic E-state index is 0.222. The van der Waals surface area contributed by atoms with Crippen LogP contribution in [0, 0.1) is 11.8 Å². The number of carbonyl (C=O) groups excluding carboxylic acids is 1. The smallest absolute Gasteiger partial charge is 0.227 e. The quantitative estimate of drug-likeness (QED) is 0.721. The highest BCUT2D eigenvalue weighted by atomic mass is 32.2. The number of thioether (sulfide) groups is 1. The second-order valence-electron chi connectivity index (χ2n) is 4.71. The van der Waals surface area contributed by atoms with Crippen LogP contribution in [0.2, 0.25) is 0 Å². The Morgan fingerprint density at radius 2 is 2.20 bits per heavy atom. The van der Waals surface area contributed by atoms with Gasteiger partial charge < -0.3 is 10.2 Å². The lowest BCUT2D eigenvalue weighted by Gasteiger charge is -2.33. The van der Waals surface area contributed by atoms with Gasteiger partial charge in [0.1, 0.15) is 0 Å². The molecular formula is C11H20N2OS. The van der Waals surface area contributed by atoms with Crippen LogP contribution in [0.5, 0.6) is 0 Å². The first kappa shape index (κ1) is 11.3. The predicted octanol–water partition coefficient (Wildman–Crippen LogP) is 0.806. The summed E-state index contributed by atoms with van der Waals surface area (Å²) in [5, 5.41) is 3.90. The van der Waals surface area contributed by atoms with E-state index < -0.39 is 0 Å². The van der Waals surface area contributed by atoms with Gasteiger partial charge in [0.15, 0.2) is 0 Å². The van der Waals surface area contributed by atoms with Crippen LogP contribution in [-0.4, -0.2) is 48.0 Å². The highest BCUT2D eigenvalue weighted by Gasteiger charge is 2.34. The van der Waals surface area contributed by atoms with Crippen LogP contribution in [-0.2, 0) is 4.79 Å². The SMILES string of the molecule is CC1CN(C(=O)[C@@H]2CNC[C@H]2C)CCS1. The van der Waals surface area contributed by atoms with Crippen LogP contribution in [0.15, 0.2) is 0 Å². The molecule has 2 saturated heterocycles. The van der Waals surface area contributed by atoms with E-state index in [2.05, 4.69) is 24.1 Å². The summed E-state index contributed by atoms with van der Waals surface area (Å²) in [7, 11) is 0. The third-order valence-corrected chi connectivity index (χ3v) is 4.52. The molecular weight excluding hydrogens is 208 g/mol. The van der Waals surface area contributed by atoms with Crippen LogP contribution < -0.4 is 5.32 Å². The van der Waals surface area contributed by atoms with E-state index in [-0.39, 0.29) is 5.92 Å². The van der Waals surface area contributed by atoms with Crippen molar-refractivity contribution in [2.45, 2.75) is 19.1 Å². The third kappa shape index (κ3) is 2.48. The van der Waals surface area contributed by atoms with E-state index in [0.717, 1.165) is 31.9 Å². The molecule has 1 unspecified atom stereocenters. The Morgan fingerprint density at radius 1 is 1.40 bits per heavy atom. The van der Waals surface area contributed by atoms with Crippen molar-refractivity contribution in [1.29, 1.82) is 0 Å². The van der Waals surface area contributed by atoms with Crippen molar-refractivity contribution in [2.75, 3.05) is 31.9 Å². The van der Waals surface area contributed by atoms with Crippen molar-refractivity contribution in [3.8, 4) is 0 Å². The molecule has 2 heterocycles. The first-order valence-electron chi connectivity index (χ1n) is 5.79. The molecule has 1 amide bonds. The molecule has 0 radical (unpaired) electrons. The Balaban J connectivity index is 1.94. The average Bonchev–Trinajstić information content (AvgIpc) is 2.63. The fraction of sp³-hybridized carbons (Fsp3) is 0.909. The Kier molecular flexibility index (Phi) is 3.57. The maximum atomic E-state index is 12.2. The molecule has 1 N–H and O–H groups in total. The molecule has 86 valence electrons. The van der Waals surface area contributed by atoms with E-state index in [1.807, 2.05) is 11.8 Å². The van der Waals surface area contributed by atoms with E-state index in [4.69, 9.17) is 0 Å². The largest absolute Gasteiger partial charge is 0.340 e. The summed E-state index contributed by atoms with van der Waals surface area (Å²) in [5.41, 5.74) is 0. The molecule has 0 aromatic carbocycles. The van der Waals surface area contributed by atoms with E-state index in [9.17, 15) is 4.79 Å². The van der Waals surface area contributed by atoms with Gasteiger partial charge in [0.05, 0.1) is 5.92 Å². The summed E-state index contributed by atoms with van der Waals surface area (Å²) in [5.74, 6) is 2.20. The van der Waals surface area contributed by atoms with Crippen LogP contribution >= 0.6 is 11.8 Å². The summed E-state index contributed by atoms with van der Waals surface area (Å²) in [4.78, 5) is 14.3. The van der Waals surface area contributed by atoms with Crippen LogP contribution in [0.4, 0.5) is 0 Å². The first-order valence-corrected chi connectivity index (χ1v) is 6.84. The number of nitrogens with zero attached hydrogens (tertiary/aromatic N) is 1. The molecule has 0 bridgehead atoms. The van der Waals surface area contributed by atoms with Gasteiger partial charge in [-0.05, 0) is 12.5 Å². The van der Waals surface area contributed by atoms with Gasteiger partial charge >= 0.3 is 0 Å². The zero-order chi connectivity index (χ0) is 10.8. The summed E-state index contributed by atoms with van der Waals surface area (Å²) >= 11 is 1.97. The number of hydrogen-bond acceptors (Lipinski definition) is 3. The van der Waals surface area contributed by atoms with Gasteiger partial charge in [-0.2, -0.15) is 11.8 Å². The monoisotopic (exact) mass is 228 g/mol. The van der Waals surface area contributed by atoms with Gasteiger partial charge in [-0.3, -0.25) is 4.79 Å². The Labute approximate surface area is 96.0 Å². The maximum Gasteiger partial charge on any atom is 0.227 e. The molecule has 2 aliphatic rings. The van der Waals surface area contributed by atoms with Gasteiger partial charge in [-0.15, -0.1) is 0 Å². The van der Waals surface area contributed by atoms with Gasteiger partial charge in [0.25, 0.3) is 0 Å². The molecule has 0 saturated carbocycles. The lowest BCUT2D eigenvalue weighted by Crippen LogP contribution is -2.45. The van der Waals surface area contributed by atoms with Crippen molar-refractivity contribution in [3.63, 3.8) is 0 Å². The van der Waals surface area contributed by atoms with E-state index in [0.29, 0.717) is 17.1 Å². The molecule has 2 rings (SSSR count). The average molecular weight is 228 g/mol. The molecule has 2 fully saturated rings. The Hall–Kier alpha value is -0.220. The Morgan fingerprint density at radius 3 is 2.80 bits per heavy atom.